The molecule has 1 amide bonds. The van der Waals surface area contributed by atoms with Crippen LogP contribution in [0, 0.1) is 19.7 Å². The van der Waals surface area contributed by atoms with E-state index >= 15 is 0 Å². The van der Waals surface area contributed by atoms with E-state index in [1.54, 1.807) is 11.0 Å². The van der Waals surface area contributed by atoms with Crippen LogP contribution in [0.25, 0.3) is 0 Å². The molecule has 0 spiro atoms. The summed E-state index contributed by atoms with van der Waals surface area (Å²) in [4.78, 5) is 17.0. The maximum absolute atomic E-state index is 13.8. The third-order valence-electron chi connectivity index (χ3n) is 6.01. The van der Waals surface area contributed by atoms with E-state index in [1.807, 2.05) is 6.07 Å². The molecule has 1 N–H and O–H groups in total. The molecule has 1 aliphatic rings. The zero-order valence-corrected chi connectivity index (χ0v) is 19.4. The van der Waals surface area contributed by atoms with E-state index in [4.69, 9.17) is 0 Å². The summed E-state index contributed by atoms with van der Waals surface area (Å²) in [5, 5.41) is 0. The predicted octanol–water partition coefficient (Wildman–Crippen LogP) is 4.21. The Morgan fingerprint density at radius 1 is 0.879 bits per heavy atom. The van der Waals surface area contributed by atoms with E-state index in [0.717, 1.165) is 13.1 Å². The van der Waals surface area contributed by atoms with Crippen LogP contribution in [-0.2, 0) is 10.0 Å². The molecule has 1 saturated heterocycles. The summed E-state index contributed by atoms with van der Waals surface area (Å²) in [7, 11) is -3.97. The van der Waals surface area contributed by atoms with E-state index in [1.165, 1.54) is 59.3 Å². The first-order valence-electron chi connectivity index (χ1n) is 10.7. The Balaban J connectivity index is 1.42. The van der Waals surface area contributed by atoms with E-state index in [-0.39, 0.29) is 16.5 Å². The molecule has 6 nitrogen and oxygen atoms in total. The smallest absolute Gasteiger partial charge is 0.261 e. The molecule has 33 heavy (non-hydrogen) atoms. The first kappa shape index (κ1) is 22.8. The lowest BCUT2D eigenvalue weighted by atomic mass is 10.1. The third kappa shape index (κ3) is 4.85. The van der Waals surface area contributed by atoms with Gasteiger partial charge in [-0.25, -0.2) is 12.8 Å². The number of carbonyl (C=O) groups excluding carboxylic acids is 1. The third-order valence-corrected chi connectivity index (χ3v) is 7.39. The first-order valence-corrected chi connectivity index (χ1v) is 12.2. The highest BCUT2D eigenvalue weighted by Crippen LogP contribution is 2.25. The second kappa shape index (κ2) is 9.23. The SMILES string of the molecule is Cc1cccc(N2CCN(C(=O)c3ccc(S(=O)(=O)Nc4ccccc4F)cc3)CC2)c1C. The van der Waals surface area contributed by atoms with Gasteiger partial charge in [-0.3, -0.25) is 9.52 Å². The van der Waals surface area contributed by atoms with Crippen molar-refractivity contribution in [1.29, 1.82) is 0 Å². The Bertz CT molecular complexity index is 1270. The molecule has 0 radical (unpaired) electrons. The van der Waals surface area contributed by atoms with Crippen molar-refractivity contribution in [2.24, 2.45) is 0 Å². The highest BCUT2D eigenvalue weighted by atomic mass is 32.2. The van der Waals surface area contributed by atoms with Crippen LogP contribution in [-0.4, -0.2) is 45.4 Å². The minimum Gasteiger partial charge on any atom is -0.368 e. The fourth-order valence-electron chi connectivity index (χ4n) is 3.94. The summed E-state index contributed by atoms with van der Waals surface area (Å²) >= 11 is 0. The van der Waals surface area contributed by atoms with Crippen LogP contribution in [0.2, 0.25) is 0 Å². The van der Waals surface area contributed by atoms with Crippen LogP contribution < -0.4 is 9.62 Å². The van der Waals surface area contributed by atoms with Gasteiger partial charge in [-0.2, -0.15) is 0 Å². The van der Waals surface area contributed by atoms with E-state index in [9.17, 15) is 17.6 Å². The summed E-state index contributed by atoms with van der Waals surface area (Å²) in [5.41, 5.74) is 3.97. The number of benzene rings is 3. The van der Waals surface area contributed by atoms with Crippen molar-refractivity contribution in [2.75, 3.05) is 35.8 Å². The van der Waals surface area contributed by atoms with Gasteiger partial charge in [0.25, 0.3) is 15.9 Å². The van der Waals surface area contributed by atoms with E-state index in [2.05, 4.69) is 35.6 Å². The van der Waals surface area contributed by atoms with Crippen molar-refractivity contribution < 1.29 is 17.6 Å². The molecule has 1 fully saturated rings. The number of rotatable bonds is 5. The minimum absolute atomic E-state index is 0.0398. The van der Waals surface area contributed by atoms with Gasteiger partial charge in [0, 0.05) is 37.4 Å². The van der Waals surface area contributed by atoms with Crippen molar-refractivity contribution in [1.82, 2.24) is 4.90 Å². The van der Waals surface area contributed by atoms with Crippen molar-refractivity contribution in [3.05, 3.63) is 89.2 Å². The number of piperazine rings is 1. The number of nitrogens with zero attached hydrogens (tertiary/aromatic N) is 2. The lowest BCUT2D eigenvalue weighted by Gasteiger charge is -2.37. The maximum Gasteiger partial charge on any atom is 0.261 e. The number of nitrogens with one attached hydrogen (secondary N) is 1. The Hall–Kier alpha value is -3.39. The van der Waals surface area contributed by atoms with Gasteiger partial charge in [-0.1, -0.05) is 24.3 Å². The molecule has 172 valence electrons. The summed E-state index contributed by atoms with van der Waals surface area (Å²) in [6.45, 7) is 6.83. The van der Waals surface area contributed by atoms with Gasteiger partial charge in [0.05, 0.1) is 10.6 Å². The zero-order chi connectivity index (χ0) is 23.6. The maximum atomic E-state index is 13.8. The van der Waals surface area contributed by atoms with Gasteiger partial charge in [0.15, 0.2) is 0 Å². The number of aryl methyl sites for hydroxylation is 1. The molecule has 3 aromatic rings. The summed E-state index contributed by atoms with van der Waals surface area (Å²) in [5.74, 6) is -0.797. The molecule has 8 heteroatoms. The highest BCUT2D eigenvalue weighted by molar-refractivity contribution is 7.92. The van der Waals surface area contributed by atoms with E-state index in [0.29, 0.717) is 18.7 Å². The van der Waals surface area contributed by atoms with Crippen molar-refractivity contribution in [2.45, 2.75) is 18.7 Å². The Labute approximate surface area is 193 Å². The average molecular weight is 468 g/mol. The molecule has 3 aromatic carbocycles. The monoisotopic (exact) mass is 467 g/mol. The molecular weight excluding hydrogens is 441 g/mol. The van der Waals surface area contributed by atoms with Gasteiger partial charge in [-0.05, 0) is 67.4 Å². The molecular formula is C25H26FN3O3S. The van der Waals surface area contributed by atoms with E-state index < -0.39 is 15.8 Å². The Kier molecular flexibility index (Phi) is 6.37. The van der Waals surface area contributed by atoms with Gasteiger partial charge >= 0.3 is 0 Å². The second-order valence-electron chi connectivity index (χ2n) is 8.11. The standard InChI is InChI=1S/C25H26FN3O3S/c1-18-6-5-9-24(19(18)2)28-14-16-29(17-15-28)25(30)20-10-12-21(13-11-20)33(31,32)27-23-8-4-3-7-22(23)26/h3-13,27H,14-17H2,1-2H3. The normalized spacial score (nSPS) is 14.3. The molecule has 0 saturated carbocycles. The molecule has 1 heterocycles. The molecule has 0 unspecified atom stereocenters. The molecule has 0 atom stereocenters. The number of hydrogen-bond donors (Lipinski definition) is 1. The number of anilines is 2. The Morgan fingerprint density at radius 2 is 1.55 bits per heavy atom. The Morgan fingerprint density at radius 3 is 2.21 bits per heavy atom. The lowest BCUT2D eigenvalue weighted by Crippen LogP contribution is -2.49. The minimum atomic E-state index is -3.97. The summed E-state index contributed by atoms with van der Waals surface area (Å²) in [6.07, 6.45) is 0. The van der Waals surface area contributed by atoms with Crippen molar-refractivity contribution in [3.8, 4) is 0 Å². The van der Waals surface area contributed by atoms with Crippen LogP contribution in [0.3, 0.4) is 0 Å². The number of halogens is 1. The number of carbonyl (C=O) groups is 1. The molecule has 0 aromatic heterocycles. The van der Waals surface area contributed by atoms with Crippen LogP contribution in [0.4, 0.5) is 15.8 Å². The fraction of sp³-hybridized carbons (Fsp3) is 0.240. The van der Waals surface area contributed by atoms with Crippen LogP contribution in [0.5, 0.6) is 0 Å². The van der Waals surface area contributed by atoms with Gasteiger partial charge in [-0.15, -0.1) is 0 Å². The van der Waals surface area contributed by atoms with Crippen LogP contribution in [0.1, 0.15) is 21.5 Å². The molecule has 0 bridgehead atoms. The predicted molar refractivity (Wildman–Crippen MR) is 128 cm³/mol. The number of hydrogen-bond acceptors (Lipinski definition) is 4. The largest absolute Gasteiger partial charge is 0.368 e. The number of sulfonamides is 1. The van der Waals surface area contributed by atoms with Crippen molar-refractivity contribution >= 4 is 27.3 Å². The van der Waals surface area contributed by atoms with Crippen LogP contribution in [0.15, 0.2) is 71.6 Å². The van der Waals surface area contributed by atoms with Gasteiger partial charge in [0.1, 0.15) is 5.82 Å². The highest BCUT2D eigenvalue weighted by Gasteiger charge is 2.24. The number of para-hydroxylation sites is 1. The quantitative estimate of drug-likeness (QED) is 0.611. The lowest BCUT2D eigenvalue weighted by molar-refractivity contribution is 0.0746. The van der Waals surface area contributed by atoms with Crippen molar-refractivity contribution in [3.63, 3.8) is 0 Å². The molecule has 0 aliphatic carbocycles. The zero-order valence-electron chi connectivity index (χ0n) is 18.6. The number of amides is 1. The first-order chi connectivity index (χ1) is 15.8. The molecule has 1 aliphatic heterocycles. The van der Waals surface area contributed by atoms with Gasteiger partial charge in [0.2, 0.25) is 0 Å². The van der Waals surface area contributed by atoms with Crippen LogP contribution >= 0.6 is 0 Å². The topological polar surface area (TPSA) is 69.7 Å². The molecule has 4 rings (SSSR count). The second-order valence-corrected chi connectivity index (χ2v) is 9.79. The fourth-order valence-corrected chi connectivity index (χ4v) is 5.00. The average Bonchev–Trinajstić information content (AvgIpc) is 2.82. The summed E-state index contributed by atoms with van der Waals surface area (Å²) in [6, 6.07) is 17.5. The summed E-state index contributed by atoms with van der Waals surface area (Å²) < 4.78 is 41.2. The van der Waals surface area contributed by atoms with Gasteiger partial charge < -0.3 is 9.80 Å².